The highest BCUT2D eigenvalue weighted by Crippen LogP contribution is 2.42. The van der Waals surface area contributed by atoms with Crippen molar-refractivity contribution in [2.24, 2.45) is 5.73 Å². The number of halogens is 1. The molecule has 0 spiro atoms. The van der Waals surface area contributed by atoms with Crippen molar-refractivity contribution in [2.45, 2.75) is 31.4 Å². The van der Waals surface area contributed by atoms with Crippen molar-refractivity contribution in [1.82, 2.24) is 9.61 Å². The highest BCUT2D eigenvalue weighted by Gasteiger charge is 2.33. The van der Waals surface area contributed by atoms with Gasteiger partial charge in [-0.2, -0.15) is 5.10 Å². The van der Waals surface area contributed by atoms with Crippen LogP contribution in [0.15, 0.2) is 36.7 Å². The Morgan fingerprint density at radius 1 is 1.31 bits per heavy atom. The number of ether oxygens (including phenoxy) is 2. The van der Waals surface area contributed by atoms with Crippen LogP contribution in [0, 0.1) is 5.82 Å². The molecule has 2 fully saturated rings. The monoisotopic (exact) mass is 438 g/mol. The van der Waals surface area contributed by atoms with Crippen LogP contribution in [0.5, 0.6) is 5.75 Å². The van der Waals surface area contributed by atoms with Gasteiger partial charge in [0.2, 0.25) is 0 Å². The standard InChI is InChI=1S/C23H23FN4O4/c24-15-3-4-20(32-16-6-9-31-13-16)17(10-15)18-2-1-7-27(18)19-5-8-28-22(21(19)23(25)30)14(12-29)11-26-28/h3-5,8,10-12,16,18H,1-2,6-7,9,13H2,(H2,25,30)/t16?,18-/m1/s1. The maximum atomic E-state index is 14.3. The summed E-state index contributed by atoms with van der Waals surface area (Å²) in [5, 5.41) is 4.14. The SMILES string of the molecule is NC(=O)c1c(N2CCC[C@@H]2c2cc(F)ccc2OC2CCOC2)ccn2ncc(C=O)c12. The molecule has 0 aliphatic carbocycles. The van der Waals surface area contributed by atoms with Gasteiger partial charge in [0.05, 0.1) is 47.8 Å². The lowest BCUT2D eigenvalue weighted by Gasteiger charge is -2.30. The lowest BCUT2D eigenvalue weighted by Crippen LogP contribution is -2.28. The van der Waals surface area contributed by atoms with Crippen LogP contribution in [-0.4, -0.2) is 47.7 Å². The summed E-state index contributed by atoms with van der Waals surface area (Å²) in [5.74, 6) is -0.399. The summed E-state index contributed by atoms with van der Waals surface area (Å²) in [6.07, 6.45) is 6.06. The molecule has 0 bridgehead atoms. The Labute approximate surface area is 183 Å². The average molecular weight is 438 g/mol. The average Bonchev–Trinajstić information content (AvgIpc) is 3.54. The fourth-order valence-corrected chi connectivity index (χ4v) is 4.71. The predicted octanol–water partition coefficient (Wildman–Crippen LogP) is 2.89. The third-order valence-corrected chi connectivity index (χ3v) is 6.14. The van der Waals surface area contributed by atoms with E-state index in [4.69, 9.17) is 15.2 Å². The molecule has 8 nitrogen and oxygen atoms in total. The van der Waals surface area contributed by atoms with Gasteiger partial charge in [0, 0.05) is 24.7 Å². The van der Waals surface area contributed by atoms with Gasteiger partial charge in [-0.1, -0.05) is 0 Å². The van der Waals surface area contributed by atoms with E-state index in [0.29, 0.717) is 48.6 Å². The van der Waals surface area contributed by atoms with Crippen LogP contribution in [0.3, 0.4) is 0 Å². The molecule has 1 unspecified atom stereocenters. The molecule has 0 saturated carbocycles. The molecule has 2 N–H and O–H groups in total. The van der Waals surface area contributed by atoms with Gasteiger partial charge in [-0.25, -0.2) is 8.91 Å². The van der Waals surface area contributed by atoms with Crippen LogP contribution in [0.25, 0.3) is 5.52 Å². The maximum absolute atomic E-state index is 14.3. The van der Waals surface area contributed by atoms with Gasteiger partial charge in [0.1, 0.15) is 17.7 Å². The van der Waals surface area contributed by atoms with Crippen molar-refractivity contribution in [2.75, 3.05) is 24.7 Å². The number of hydrogen-bond donors (Lipinski definition) is 1. The lowest BCUT2D eigenvalue weighted by molar-refractivity contribution is 0.100. The number of carbonyl (C=O) groups excluding carboxylic acids is 2. The number of aldehydes is 1. The number of primary amides is 1. The number of aromatic nitrogens is 2. The highest BCUT2D eigenvalue weighted by molar-refractivity contribution is 6.08. The zero-order valence-corrected chi connectivity index (χ0v) is 17.4. The number of carbonyl (C=O) groups is 2. The summed E-state index contributed by atoms with van der Waals surface area (Å²) >= 11 is 0. The minimum Gasteiger partial charge on any atom is -0.488 e. The topological polar surface area (TPSA) is 99.2 Å². The Hall–Kier alpha value is -3.46. The molecule has 2 saturated heterocycles. The van der Waals surface area contributed by atoms with E-state index in [1.807, 2.05) is 4.90 Å². The van der Waals surface area contributed by atoms with Crippen molar-refractivity contribution < 1.29 is 23.5 Å². The Kier molecular flexibility index (Phi) is 5.26. The van der Waals surface area contributed by atoms with E-state index >= 15 is 0 Å². The quantitative estimate of drug-likeness (QED) is 0.594. The molecule has 1 aromatic carbocycles. The van der Waals surface area contributed by atoms with E-state index in [9.17, 15) is 14.0 Å². The molecule has 3 aromatic rings. The molecule has 2 atom stereocenters. The fourth-order valence-electron chi connectivity index (χ4n) is 4.71. The lowest BCUT2D eigenvalue weighted by atomic mass is 10.0. The summed E-state index contributed by atoms with van der Waals surface area (Å²) in [6, 6.07) is 6.08. The Morgan fingerprint density at radius 2 is 2.19 bits per heavy atom. The Morgan fingerprint density at radius 3 is 2.94 bits per heavy atom. The summed E-state index contributed by atoms with van der Waals surface area (Å²) in [4.78, 5) is 26.1. The minimum atomic E-state index is -0.654. The van der Waals surface area contributed by atoms with Crippen molar-refractivity contribution in [1.29, 1.82) is 0 Å². The number of anilines is 1. The van der Waals surface area contributed by atoms with Gasteiger partial charge in [0.25, 0.3) is 5.91 Å². The van der Waals surface area contributed by atoms with Crippen molar-refractivity contribution >= 4 is 23.4 Å². The molecule has 5 rings (SSSR count). The minimum absolute atomic E-state index is 0.0754. The van der Waals surface area contributed by atoms with Gasteiger partial charge in [-0.15, -0.1) is 0 Å². The maximum Gasteiger partial charge on any atom is 0.253 e. The number of benzene rings is 1. The van der Waals surface area contributed by atoms with E-state index < -0.39 is 5.91 Å². The Bertz CT molecular complexity index is 1190. The molecule has 0 radical (unpaired) electrons. The first-order valence-electron chi connectivity index (χ1n) is 10.6. The van der Waals surface area contributed by atoms with Gasteiger partial charge >= 0.3 is 0 Å². The van der Waals surface area contributed by atoms with E-state index in [2.05, 4.69) is 5.10 Å². The van der Waals surface area contributed by atoms with Gasteiger partial charge in [-0.05, 0) is 37.1 Å². The second kappa shape index (κ2) is 8.23. The van der Waals surface area contributed by atoms with Gasteiger partial charge in [0.15, 0.2) is 6.29 Å². The zero-order valence-electron chi connectivity index (χ0n) is 17.4. The number of amides is 1. The van der Waals surface area contributed by atoms with Crippen molar-refractivity contribution in [3.05, 3.63) is 59.2 Å². The van der Waals surface area contributed by atoms with E-state index in [1.54, 1.807) is 18.3 Å². The molecule has 32 heavy (non-hydrogen) atoms. The normalized spacial score (nSPS) is 20.7. The van der Waals surface area contributed by atoms with E-state index in [-0.39, 0.29) is 29.1 Å². The van der Waals surface area contributed by atoms with E-state index in [1.165, 1.54) is 22.8 Å². The number of rotatable bonds is 6. The van der Waals surface area contributed by atoms with Gasteiger partial charge in [-0.3, -0.25) is 9.59 Å². The van der Waals surface area contributed by atoms with Crippen molar-refractivity contribution in [3.63, 3.8) is 0 Å². The molecule has 4 heterocycles. The molecule has 2 aromatic heterocycles. The van der Waals surface area contributed by atoms with Crippen LogP contribution in [0.1, 0.15) is 51.6 Å². The predicted molar refractivity (Wildman–Crippen MR) is 115 cm³/mol. The van der Waals surface area contributed by atoms with Crippen molar-refractivity contribution in [3.8, 4) is 5.75 Å². The molecule has 9 heteroatoms. The molecular weight excluding hydrogens is 415 g/mol. The van der Waals surface area contributed by atoms with Crippen LogP contribution in [0.4, 0.5) is 10.1 Å². The third kappa shape index (κ3) is 3.48. The molecule has 166 valence electrons. The van der Waals surface area contributed by atoms with Crippen LogP contribution in [-0.2, 0) is 4.74 Å². The largest absolute Gasteiger partial charge is 0.488 e. The number of hydrogen-bond acceptors (Lipinski definition) is 6. The first-order chi connectivity index (χ1) is 15.6. The van der Waals surface area contributed by atoms with Crippen LogP contribution in [0.2, 0.25) is 0 Å². The molecular formula is C23H23FN4O4. The number of nitrogens with zero attached hydrogens (tertiary/aromatic N) is 3. The summed E-state index contributed by atoms with van der Waals surface area (Å²) in [7, 11) is 0. The zero-order chi connectivity index (χ0) is 22.2. The fraction of sp³-hybridized carbons (Fsp3) is 0.348. The summed E-state index contributed by atoms with van der Waals surface area (Å²) in [5.41, 5.74) is 7.95. The summed E-state index contributed by atoms with van der Waals surface area (Å²) < 4.78 is 27.3. The van der Waals surface area contributed by atoms with Gasteiger partial charge < -0.3 is 20.1 Å². The number of fused-ring (bicyclic) bond motifs is 1. The highest BCUT2D eigenvalue weighted by atomic mass is 19.1. The number of pyridine rings is 1. The smallest absolute Gasteiger partial charge is 0.253 e. The van der Waals surface area contributed by atoms with Crippen LogP contribution >= 0.6 is 0 Å². The van der Waals surface area contributed by atoms with Crippen LogP contribution < -0.4 is 15.4 Å². The molecule has 2 aliphatic rings. The first-order valence-corrected chi connectivity index (χ1v) is 10.6. The first kappa shape index (κ1) is 20.4. The summed E-state index contributed by atoms with van der Waals surface area (Å²) in [6.45, 7) is 1.79. The Balaban J connectivity index is 1.60. The molecule has 1 amide bonds. The molecule has 2 aliphatic heterocycles. The second-order valence-electron chi connectivity index (χ2n) is 8.09. The second-order valence-corrected chi connectivity index (χ2v) is 8.09. The number of nitrogens with two attached hydrogens (primary N) is 1. The third-order valence-electron chi connectivity index (χ3n) is 6.14. The van der Waals surface area contributed by atoms with E-state index in [0.717, 1.165) is 19.3 Å².